The lowest BCUT2D eigenvalue weighted by molar-refractivity contribution is -0.384. The maximum Gasteiger partial charge on any atom is 0.312 e. The molecule has 1 unspecified atom stereocenters. The van der Waals surface area contributed by atoms with Crippen LogP contribution in [0.15, 0.2) is 88.5 Å². The molecule has 3 aliphatic carbocycles. The predicted molar refractivity (Wildman–Crippen MR) is 268 cm³/mol. The van der Waals surface area contributed by atoms with Gasteiger partial charge >= 0.3 is 5.69 Å². The van der Waals surface area contributed by atoms with Gasteiger partial charge in [0.05, 0.1) is 28.9 Å². The minimum atomic E-state index is -4.64. The number of fused-ring (bicyclic) bond motifs is 1. The fourth-order valence-corrected chi connectivity index (χ4v) is 13.8. The molecule has 10 rings (SSSR count). The van der Waals surface area contributed by atoms with Gasteiger partial charge in [0.2, 0.25) is 5.82 Å². The lowest BCUT2D eigenvalue weighted by Gasteiger charge is -2.56. The number of nitrogens with zero attached hydrogens (tertiary/aromatic N) is 6. The fourth-order valence-electron chi connectivity index (χ4n) is 11.5. The number of anilines is 2. The van der Waals surface area contributed by atoms with Crippen molar-refractivity contribution in [1.29, 1.82) is 0 Å². The Morgan fingerprint density at radius 2 is 1.67 bits per heavy atom. The van der Waals surface area contributed by atoms with Crippen LogP contribution in [0.4, 0.5) is 17.2 Å². The van der Waals surface area contributed by atoms with Crippen LogP contribution in [0.25, 0.3) is 11.0 Å². The van der Waals surface area contributed by atoms with E-state index in [0.29, 0.717) is 46.9 Å². The second kappa shape index (κ2) is 19.3. The zero-order valence-electron chi connectivity index (χ0n) is 39.5. The van der Waals surface area contributed by atoms with Crippen LogP contribution in [0, 0.1) is 21.4 Å². The molecule has 2 aromatic carbocycles. The van der Waals surface area contributed by atoms with Crippen LogP contribution < -0.4 is 19.7 Å². The predicted octanol–water partition coefficient (Wildman–Crippen LogP) is 9.72. The molecule has 1 spiro atoms. The van der Waals surface area contributed by atoms with E-state index in [-0.39, 0.29) is 29.1 Å². The molecule has 3 N–H and O–H groups in total. The highest BCUT2D eigenvalue weighted by Crippen LogP contribution is 2.55. The van der Waals surface area contributed by atoms with Crippen molar-refractivity contribution in [3.05, 3.63) is 106 Å². The van der Waals surface area contributed by atoms with Gasteiger partial charge in [-0.3, -0.25) is 19.8 Å². The summed E-state index contributed by atoms with van der Waals surface area (Å²) in [4.78, 5) is 41.9. The maximum absolute atomic E-state index is 14.0. The van der Waals surface area contributed by atoms with Gasteiger partial charge in [-0.2, -0.15) is 0 Å². The number of hydrogen-bond acceptors (Lipinski definition) is 13. The molecule has 3 saturated carbocycles. The number of pyridine rings is 2. The summed E-state index contributed by atoms with van der Waals surface area (Å²) >= 11 is 0. The van der Waals surface area contributed by atoms with E-state index in [1.54, 1.807) is 35.5 Å². The highest BCUT2D eigenvalue weighted by molar-refractivity contribution is 7.93. The highest BCUT2D eigenvalue weighted by atomic mass is 32.2. The molecule has 366 valence electrons. The standard InChI is InChI=1S/C51H63N9O7S2/c1-3-68(64,4-2)56-37-15-11-34(12-16-37)31-53-49-46(60(62)63)28-41(33-55-49)69(65,66)57-50(61)44-18-17-38(27-47(44)67-40-26-36-19-22-52-48(36)54-32-40)58-24-20-51(21-25-58)29-39(30-51)59-23-7-10-45(59)43-9-6-5-8-42(43)35-13-14-35/h5-6,8-9,17-19,22,26-28,32-35,37,39,45H,3-4,7,10-16,20-21,23-25,29-31H2,1-2H3,(H,52,54)(H,53,55)(H,57,61). The lowest BCUT2D eigenvalue weighted by atomic mass is 9.59. The number of aromatic amines is 1. The first-order valence-corrected chi connectivity index (χ1v) is 28.2. The van der Waals surface area contributed by atoms with Gasteiger partial charge in [-0.15, -0.1) is 0 Å². The van der Waals surface area contributed by atoms with Crippen molar-refractivity contribution in [2.45, 2.75) is 120 Å². The molecule has 16 nitrogen and oxygen atoms in total. The second-order valence-corrected chi connectivity index (χ2v) is 24.6. The highest BCUT2D eigenvalue weighted by Gasteiger charge is 2.50. The van der Waals surface area contributed by atoms with Gasteiger partial charge in [0, 0.05) is 82.4 Å². The van der Waals surface area contributed by atoms with E-state index in [0.717, 1.165) is 80.9 Å². The molecule has 1 atom stereocenters. The molecule has 1 amide bonds. The number of rotatable bonds is 16. The van der Waals surface area contributed by atoms with Gasteiger partial charge in [-0.05, 0) is 136 Å². The first-order valence-electron chi connectivity index (χ1n) is 24.8. The number of benzene rings is 2. The summed E-state index contributed by atoms with van der Waals surface area (Å²) in [6, 6.07) is 20.0. The van der Waals surface area contributed by atoms with E-state index in [1.807, 2.05) is 26.0 Å². The molecule has 3 aromatic heterocycles. The van der Waals surface area contributed by atoms with E-state index in [2.05, 4.69) is 63.4 Å². The number of amides is 1. The van der Waals surface area contributed by atoms with Crippen molar-refractivity contribution in [3.8, 4) is 11.5 Å². The number of hydrogen-bond donors (Lipinski definition) is 3. The summed E-state index contributed by atoms with van der Waals surface area (Å²) in [5.41, 5.74) is 4.38. The van der Waals surface area contributed by atoms with Gasteiger partial charge < -0.3 is 19.9 Å². The largest absolute Gasteiger partial charge is 0.455 e. The number of carbonyl (C=O) groups is 1. The monoisotopic (exact) mass is 977 g/mol. The number of likely N-dealkylation sites (tertiary alicyclic amines) is 1. The topological polar surface area (TPSA) is 205 Å². The average molecular weight is 978 g/mol. The van der Waals surface area contributed by atoms with Crippen molar-refractivity contribution >= 4 is 53.9 Å². The van der Waals surface area contributed by atoms with Crippen LogP contribution in [0.5, 0.6) is 11.5 Å². The average Bonchev–Trinajstić information content (AvgIpc) is 3.89. The number of H-pyrrole nitrogens is 1. The zero-order valence-corrected chi connectivity index (χ0v) is 41.1. The number of aromatic nitrogens is 3. The Morgan fingerprint density at radius 3 is 2.39 bits per heavy atom. The number of nitro groups is 1. The molecule has 5 heterocycles. The molecular weight excluding hydrogens is 915 g/mol. The van der Waals surface area contributed by atoms with Crippen LogP contribution in [-0.4, -0.2) is 93.1 Å². The number of carbonyl (C=O) groups excluding carboxylic acids is 1. The smallest absolute Gasteiger partial charge is 0.312 e. The lowest BCUT2D eigenvalue weighted by Crippen LogP contribution is -2.54. The quantitative estimate of drug-likeness (QED) is 0.0624. The van der Waals surface area contributed by atoms with E-state index in [4.69, 9.17) is 4.74 Å². The van der Waals surface area contributed by atoms with Crippen LogP contribution in [0.2, 0.25) is 0 Å². The van der Waals surface area contributed by atoms with Crippen LogP contribution in [0.1, 0.15) is 124 Å². The zero-order chi connectivity index (χ0) is 47.9. The van der Waals surface area contributed by atoms with Crippen LogP contribution >= 0.6 is 0 Å². The first-order chi connectivity index (χ1) is 33.3. The van der Waals surface area contributed by atoms with E-state index < -0.39 is 41.2 Å². The van der Waals surface area contributed by atoms with Crippen molar-refractivity contribution in [1.82, 2.24) is 24.6 Å². The Balaban J connectivity index is 0.812. The van der Waals surface area contributed by atoms with E-state index in [1.165, 1.54) is 51.3 Å². The fraction of sp³-hybridized carbons (Fsp3) is 0.510. The van der Waals surface area contributed by atoms with Crippen molar-refractivity contribution < 1.29 is 27.1 Å². The number of nitrogens with one attached hydrogen (secondary N) is 3. The van der Waals surface area contributed by atoms with Crippen molar-refractivity contribution in [2.24, 2.45) is 15.7 Å². The third kappa shape index (κ3) is 10.1. The van der Waals surface area contributed by atoms with Gasteiger partial charge in [-0.25, -0.2) is 31.7 Å². The van der Waals surface area contributed by atoms with E-state index in [9.17, 15) is 27.5 Å². The normalized spacial score (nSPS) is 22.1. The van der Waals surface area contributed by atoms with Crippen LogP contribution in [0.3, 0.4) is 0 Å². The molecule has 0 radical (unpaired) electrons. The van der Waals surface area contributed by atoms with Crippen molar-refractivity contribution in [2.75, 3.05) is 47.9 Å². The van der Waals surface area contributed by atoms with Gasteiger partial charge in [0.25, 0.3) is 15.9 Å². The molecular formula is C51H63N9O7S2. The Hall–Kier alpha value is -5.59. The van der Waals surface area contributed by atoms with Gasteiger partial charge in [0.1, 0.15) is 22.0 Å². The molecule has 2 saturated heterocycles. The summed E-state index contributed by atoms with van der Waals surface area (Å²) in [5, 5.41) is 16.1. The molecule has 18 heteroatoms. The Morgan fingerprint density at radius 1 is 0.913 bits per heavy atom. The van der Waals surface area contributed by atoms with Gasteiger partial charge in [0.15, 0.2) is 0 Å². The number of sulfonamides is 1. The molecule has 0 bridgehead atoms. The second-order valence-electron chi connectivity index (χ2n) is 20.0. The summed E-state index contributed by atoms with van der Waals surface area (Å²) < 4.78 is 53.6. The number of piperidine rings is 1. The maximum atomic E-state index is 14.0. The molecule has 5 fully saturated rings. The summed E-state index contributed by atoms with van der Waals surface area (Å²) in [6.07, 6.45) is 17.1. The Bertz CT molecular complexity index is 2950. The first kappa shape index (κ1) is 47.1. The summed E-state index contributed by atoms with van der Waals surface area (Å²) in [7, 11) is -6.84. The number of ether oxygens (including phenoxy) is 1. The van der Waals surface area contributed by atoms with Crippen molar-refractivity contribution in [3.63, 3.8) is 0 Å². The molecule has 69 heavy (non-hydrogen) atoms. The molecule has 5 aliphatic rings. The Labute approximate surface area is 404 Å². The minimum absolute atomic E-state index is 0.0321. The Kier molecular flexibility index (Phi) is 13.2. The summed E-state index contributed by atoms with van der Waals surface area (Å²) in [6.45, 7) is 7.03. The summed E-state index contributed by atoms with van der Waals surface area (Å²) in [5.74, 6) is 1.44. The molecule has 2 aliphatic heterocycles. The third-order valence-electron chi connectivity index (χ3n) is 15.7. The third-order valence-corrected chi connectivity index (χ3v) is 19.5. The van der Waals surface area contributed by atoms with Gasteiger partial charge in [-0.1, -0.05) is 38.1 Å². The minimum Gasteiger partial charge on any atom is -0.455 e. The van der Waals surface area contributed by atoms with E-state index >= 15 is 0 Å². The van der Waals surface area contributed by atoms with Crippen LogP contribution in [-0.2, 0) is 19.8 Å². The molecule has 5 aromatic rings. The SMILES string of the molecule is CCS(=O)(CC)=NC1CCC(CNc2ncc(S(=O)(=O)NC(=O)c3ccc(N4CCC5(CC4)CC(N4CCCC4c4ccccc4C4CC4)C5)cc3Oc3cnc4[nH]ccc4c3)cc2[N+](=O)[O-])CC1.